The van der Waals surface area contributed by atoms with Gasteiger partial charge in [-0.1, -0.05) is 0 Å². The fourth-order valence-electron chi connectivity index (χ4n) is 0.628. The number of rotatable bonds is 5. The van der Waals surface area contributed by atoms with Gasteiger partial charge in [0.25, 0.3) is 0 Å². The first-order chi connectivity index (χ1) is 5.20. The van der Waals surface area contributed by atoms with Gasteiger partial charge in [0, 0.05) is 12.5 Å². The molecule has 0 aromatic rings. The number of ether oxygens (including phenoxy) is 1. The van der Waals surface area contributed by atoms with E-state index in [9.17, 15) is 4.79 Å². The summed E-state index contributed by atoms with van der Waals surface area (Å²) >= 11 is 0. The van der Waals surface area contributed by atoms with Gasteiger partial charge < -0.3 is 15.6 Å². The van der Waals surface area contributed by atoms with Crippen LogP contribution in [0.2, 0.25) is 0 Å². The van der Waals surface area contributed by atoms with E-state index in [0.717, 1.165) is 0 Å². The molecule has 0 bridgehead atoms. The topological polar surface area (TPSA) is 72.5 Å². The van der Waals surface area contributed by atoms with Crippen LogP contribution < -0.4 is 5.73 Å². The SMILES string of the molecule is CCOC(=O)CC[C@H](N)CO. The van der Waals surface area contributed by atoms with E-state index in [-0.39, 0.29) is 25.0 Å². The number of aliphatic hydroxyl groups excluding tert-OH is 1. The van der Waals surface area contributed by atoms with Gasteiger partial charge >= 0.3 is 5.97 Å². The maximum Gasteiger partial charge on any atom is 0.305 e. The minimum Gasteiger partial charge on any atom is -0.466 e. The van der Waals surface area contributed by atoms with Crippen molar-refractivity contribution in [2.75, 3.05) is 13.2 Å². The third-order valence-corrected chi connectivity index (χ3v) is 1.26. The monoisotopic (exact) mass is 161 g/mol. The van der Waals surface area contributed by atoms with Crippen molar-refractivity contribution in [2.24, 2.45) is 5.73 Å². The maximum atomic E-state index is 10.7. The van der Waals surface area contributed by atoms with Crippen LogP contribution in [-0.2, 0) is 9.53 Å². The van der Waals surface area contributed by atoms with Crippen molar-refractivity contribution < 1.29 is 14.6 Å². The van der Waals surface area contributed by atoms with Crippen LogP contribution in [0.1, 0.15) is 19.8 Å². The van der Waals surface area contributed by atoms with Gasteiger partial charge in [-0.3, -0.25) is 4.79 Å². The van der Waals surface area contributed by atoms with Gasteiger partial charge in [0.2, 0.25) is 0 Å². The summed E-state index contributed by atoms with van der Waals surface area (Å²) < 4.78 is 4.66. The molecule has 0 amide bonds. The van der Waals surface area contributed by atoms with E-state index in [1.807, 2.05) is 0 Å². The van der Waals surface area contributed by atoms with Crippen molar-refractivity contribution in [3.05, 3.63) is 0 Å². The minimum atomic E-state index is -0.306. The van der Waals surface area contributed by atoms with Gasteiger partial charge in [-0.05, 0) is 13.3 Å². The van der Waals surface area contributed by atoms with Crippen LogP contribution in [0.4, 0.5) is 0 Å². The first-order valence-corrected chi connectivity index (χ1v) is 3.72. The number of esters is 1. The van der Waals surface area contributed by atoms with Gasteiger partial charge in [0.05, 0.1) is 13.2 Å². The lowest BCUT2D eigenvalue weighted by Gasteiger charge is -2.06. The summed E-state index contributed by atoms with van der Waals surface area (Å²) in [5.74, 6) is -0.253. The lowest BCUT2D eigenvalue weighted by molar-refractivity contribution is -0.143. The smallest absolute Gasteiger partial charge is 0.305 e. The molecule has 0 saturated carbocycles. The predicted octanol–water partition coefficient (Wildman–Crippen LogP) is -0.351. The molecule has 0 heterocycles. The molecule has 4 nitrogen and oxygen atoms in total. The Balaban J connectivity index is 3.30. The second-order valence-corrected chi connectivity index (χ2v) is 2.29. The van der Waals surface area contributed by atoms with Gasteiger partial charge in [-0.2, -0.15) is 0 Å². The first-order valence-electron chi connectivity index (χ1n) is 3.72. The number of aliphatic hydroxyl groups is 1. The summed E-state index contributed by atoms with van der Waals surface area (Å²) in [6, 6.07) is -0.306. The molecule has 3 N–H and O–H groups in total. The van der Waals surface area contributed by atoms with Crippen LogP contribution in [0.5, 0.6) is 0 Å². The van der Waals surface area contributed by atoms with E-state index in [1.165, 1.54) is 0 Å². The highest BCUT2D eigenvalue weighted by molar-refractivity contribution is 5.69. The van der Waals surface area contributed by atoms with Crippen molar-refractivity contribution in [1.82, 2.24) is 0 Å². The Morgan fingerprint density at radius 3 is 2.82 bits per heavy atom. The van der Waals surface area contributed by atoms with E-state index in [4.69, 9.17) is 10.8 Å². The van der Waals surface area contributed by atoms with Crippen LogP contribution in [-0.4, -0.2) is 30.3 Å². The summed E-state index contributed by atoms with van der Waals surface area (Å²) in [7, 11) is 0. The first kappa shape index (κ1) is 10.4. The van der Waals surface area contributed by atoms with Crippen LogP contribution in [0, 0.1) is 0 Å². The summed E-state index contributed by atoms with van der Waals surface area (Å²) in [4.78, 5) is 10.7. The molecule has 0 aromatic heterocycles. The average molecular weight is 161 g/mol. The van der Waals surface area contributed by atoms with Gasteiger partial charge in [-0.15, -0.1) is 0 Å². The summed E-state index contributed by atoms with van der Waals surface area (Å²) in [6.07, 6.45) is 0.769. The van der Waals surface area contributed by atoms with Crippen molar-refractivity contribution in [3.63, 3.8) is 0 Å². The average Bonchev–Trinajstić information content (AvgIpc) is 2.01. The molecule has 0 aliphatic carbocycles. The van der Waals surface area contributed by atoms with E-state index in [0.29, 0.717) is 13.0 Å². The molecular formula is C7H15NO3. The van der Waals surface area contributed by atoms with Crippen molar-refractivity contribution in [2.45, 2.75) is 25.8 Å². The largest absolute Gasteiger partial charge is 0.466 e. The lowest BCUT2D eigenvalue weighted by atomic mass is 10.2. The summed E-state index contributed by atoms with van der Waals surface area (Å²) in [6.45, 7) is 2.07. The molecule has 0 aliphatic heterocycles. The third kappa shape index (κ3) is 5.82. The zero-order valence-electron chi connectivity index (χ0n) is 6.75. The van der Waals surface area contributed by atoms with Gasteiger partial charge in [0.15, 0.2) is 0 Å². The maximum absolute atomic E-state index is 10.7. The minimum absolute atomic E-state index is 0.0839. The molecule has 0 aliphatic rings. The Labute approximate surface area is 66.3 Å². The van der Waals surface area contributed by atoms with Crippen LogP contribution in [0.15, 0.2) is 0 Å². The van der Waals surface area contributed by atoms with Gasteiger partial charge in [-0.25, -0.2) is 0 Å². The fraction of sp³-hybridized carbons (Fsp3) is 0.857. The Morgan fingerprint density at radius 2 is 2.36 bits per heavy atom. The highest BCUT2D eigenvalue weighted by Crippen LogP contribution is 1.95. The molecule has 0 saturated heterocycles. The van der Waals surface area contributed by atoms with Crippen molar-refractivity contribution >= 4 is 5.97 Å². The molecule has 1 atom stereocenters. The molecular weight excluding hydrogens is 146 g/mol. The zero-order chi connectivity index (χ0) is 8.69. The van der Waals surface area contributed by atoms with Crippen molar-refractivity contribution in [3.8, 4) is 0 Å². The number of nitrogens with two attached hydrogens (primary N) is 1. The summed E-state index contributed by atoms with van der Waals surface area (Å²) in [5.41, 5.74) is 5.36. The lowest BCUT2D eigenvalue weighted by Crippen LogP contribution is -2.25. The Bertz CT molecular complexity index is 116. The second kappa shape index (κ2) is 6.12. The molecule has 66 valence electrons. The molecule has 11 heavy (non-hydrogen) atoms. The molecule has 0 rings (SSSR count). The molecule has 4 heteroatoms. The second-order valence-electron chi connectivity index (χ2n) is 2.29. The van der Waals surface area contributed by atoms with E-state index < -0.39 is 0 Å². The van der Waals surface area contributed by atoms with Crippen molar-refractivity contribution in [1.29, 1.82) is 0 Å². The molecule has 0 radical (unpaired) electrons. The quantitative estimate of drug-likeness (QED) is 0.540. The third-order valence-electron chi connectivity index (χ3n) is 1.26. The number of hydrogen-bond acceptors (Lipinski definition) is 4. The number of carbonyl (C=O) groups excluding carboxylic acids is 1. The van der Waals surface area contributed by atoms with E-state index in [1.54, 1.807) is 6.92 Å². The highest BCUT2D eigenvalue weighted by Gasteiger charge is 2.05. The van der Waals surface area contributed by atoms with Crippen LogP contribution in [0.3, 0.4) is 0 Å². The highest BCUT2D eigenvalue weighted by atomic mass is 16.5. The normalized spacial score (nSPS) is 12.6. The summed E-state index contributed by atoms with van der Waals surface area (Å²) in [5, 5.41) is 8.50. The predicted molar refractivity (Wildman–Crippen MR) is 40.9 cm³/mol. The standard InChI is InChI=1S/C7H15NO3/c1-2-11-7(10)4-3-6(8)5-9/h6,9H,2-5,8H2,1H3/t6-/m0/s1. The zero-order valence-corrected chi connectivity index (χ0v) is 6.75. The Kier molecular flexibility index (Phi) is 5.78. The van der Waals surface area contributed by atoms with Gasteiger partial charge in [0.1, 0.15) is 0 Å². The van der Waals surface area contributed by atoms with E-state index >= 15 is 0 Å². The Hall–Kier alpha value is -0.610. The van der Waals surface area contributed by atoms with Crippen LogP contribution in [0.25, 0.3) is 0 Å². The Morgan fingerprint density at radius 1 is 1.73 bits per heavy atom. The molecule has 0 aromatic carbocycles. The molecule has 0 unspecified atom stereocenters. The van der Waals surface area contributed by atoms with E-state index in [2.05, 4.69) is 4.74 Å². The molecule has 0 fully saturated rings. The fourth-order valence-corrected chi connectivity index (χ4v) is 0.628. The number of carbonyl (C=O) groups is 1. The van der Waals surface area contributed by atoms with Crippen LogP contribution >= 0.6 is 0 Å². The molecule has 0 spiro atoms. The number of hydrogen-bond donors (Lipinski definition) is 2.